The number of carbonyl (C=O) groups is 2. The molecule has 0 aromatic heterocycles. The summed E-state index contributed by atoms with van der Waals surface area (Å²) in [4.78, 5) is 27.0. The van der Waals surface area contributed by atoms with Crippen molar-refractivity contribution in [2.24, 2.45) is 5.92 Å². The topological polar surface area (TPSA) is 105 Å². The molecule has 178 valence electrons. The molecule has 1 aliphatic heterocycles. The van der Waals surface area contributed by atoms with Gasteiger partial charge in [0.05, 0.1) is 10.8 Å². The van der Waals surface area contributed by atoms with E-state index in [0.717, 1.165) is 18.6 Å². The molecular weight excluding hydrogens is 449 g/mol. The Bertz CT molecular complexity index is 1080. The maximum absolute atomic E-state index is 13.1. The number of piperidine rings is 1. The lowest BCUT2D eigenvalue weighted by Crippen LogP contribution is -2.45. The SMILES string of the molecule is COCCCNC(=O)[C@@H]1CCCN(C(=O)c2cccc(NS(=O)(=O)c3ccc(F)cc3)c2)C1. The minimum Gasteiger partial charge on any atom is -0.385 e. The number of carbonyl (C=O) groups excluding carboxylic acids is 2. The molecule has 2 amide bonds. The maximum atomic E-state index is 13.1. The van der Waals surface area contributed by atoms with Gasteiger partial charge in [0.15, 0.2) is 0 Å². The van der Waals surface area contributed by atoms with Crippen LogP contribution in [0.4, 0.5) is 10.1 Å². The zero-order valence-electron chi connectivity index (χ0n) is 18.4. The second-order valence-corrected chi connectivity index (χ2v) is 9.55. The molecule has 0 aliphatic carbocycles. The molecule has 0 radical (unpaired) electrons. The van der Waals surface area contributed by atoms with Gasteiger partial charge in [0, 0.05) is 44.6 Å². The summed E-state index contributed by atoms with van der Waals surface area (Å²) >= 11 is 0. The molecular formula is C23H28FN3O5S. The lowest BCUT2D eigenvalue weighted by atomic mass is 9.96. The molecule has 3 rings (SSSR count). The molecule has 0 saturated carbocycles. The van der Waals surface area contributed by atoms with Gasteiger partial charge in [0.1, 0.15) is 5.82 Å². The number of ether oxygens (including phenoxy) is 1. The van der Waals surface area contributed by atoms with E-state index in [1.165, 1.54) is 24.3 Å². The summed E-state index contributed by atoms with van der Waals surface area (Å²) in [7, 11) is -2.33. The monoisotopic (exact) mass is 477 g/mol. The Balaban J connectivity index is 1.65. The van der Waals surface area contributed by atoms with E-state index in [2.05, 4.69) is 10.0 Å². The molecule has 1 fully saturated rings. The summed E-state index contributed by atoms with van der Waals surface area (Å²) in [6.45, 7) is 1.92. The number of hydrogen-bond acceptors (Lipinski definition) is 5. The molecule has 10 heteroatoms. The molecule has 8 nitrogen and oxygen atoms in total. The third-order valence-electron chi connectivity index (χ3n) is 5.39. The highest BCUT2D eigenvalue weighted by Gasteiger charge is 2.29. The van der Waals surface area contributed by atoms with Crippen molar-refractivity contribution in [3.63, 3.8) is 0 Å². The Kier molecular flexibility index (Phi) is 8.40. The Morgan fingerprint density at radius 3 is 2.67 bits per heavy atom. The van der Waals surface area contributed by atoms with Crippen LogP contribution >= 0.6 is 0 Å². The van der Waals surface area contributed by atoms with Gasteiger partial charge in [-0.15, -0.1) is 0 Å². The Labute approximate surface area is 193 Å². The fraction of sp³-hybridized carbons (Fsp3) is 0.391. The van der Waals surface area contributed by atoms with Crippen LogP contribution in [0.5, 0.6) is 0 Å². The first kappa shape index (κ1) is 24.7. The van der Waals surface area contributed by atoms with Gasteiger partial charge >= 0.3 is 0 Å². The molecule has 1 saturated heterocycles. The lowest BCUT2D eigenvalue weighted by molar-refractivity contribution is -0.126. The lowest BCUT2D eigenvalue weighted by Gasteiger charge is -2.32. The number of anilines is 1. The number of rotatable bonds is 9. The number of hydrogen-bond donors (Lipinski definition) is 2. The zero-order chi connectivity index (χ0) is 23.8. The van der Waals surface area contributed by atoms with E-state index < -0.39 is 15.8 Å². The van der Waals surface area contributed by atoms with Crippen molar-refractivity contribution in [3.8, 4) is 0 Å². The molecule has 1 aliphatic rings. The van der Waals surface area contributed by atoms with Gasteiger partial charge in [0.25, 0.3) is 15.9 Å². The van der Waals surface area contributed by atoms with Crippen LogP contribution in [-0.2, 0) is 19.6 Å². The van der Waals surface area contributed by atoms with Crippen LogP contribution < -0.4 is 10.0 Å². The van der Waals surface area contributed by atoms with Crippen molar-refractivity contribution in [1.29, 1.82) is 0 Å². The summed E-state index contributed by atoms with van der Waals surface area (Å²) in [5, 5.41) is 2.88. The zero-order valence-corrected chi connectivity index (χ0v) is 19.2. The van der Waals surface area contributed by atoms with E-state index in [-0.39, 0.29) is 28.3 Å². The fourth-order valence-corrected chi connectivity index (χ4v) is 4.72. The highest BCUT2D eigenvalue weighted by Crippen LogP contribution is 2.22. The van der Waals surface area contributed by atoms with Gasteiger partial charge in [-0.3, -0.25) is 14.3 Å². The number of nitrogens with zero attached hydrogens (tertiary/aromatic N) is 1. The van der Waals surface area contributed by atoms with Crippen molar-refractivity contribution in [2.45, 2.75) is 24.2 Å². The Hall–Kier alpha value is -2.98. The van der Waals surface area contributed by atoms with E-state index in [9.17, 15) is 22.4 Å². The number of halogens is 1. The van der Waals surface area contributed by atoms with Crippen molar-refractivity contribution >= 4 is 27.5 Å². The summed E-state index contributed by atoms with van der Waals surface area (Å²) < 4.78 is 45.6. The van der Waals surface area contributed by atoms with Crippen molar-refractivity contribution in [2.75, 3.05) is 38.1 Å². The van der Waals surface area contributed by atoms with Gasteiger partial charge in [-0.25, -0.2) is 12.8 Å². The van der Waals surface area contributed by atoms with Crippen molar-refractivity contribution in [3.05, 3.63) is 59.9 Å². The number of likely N-dealkylation sites (tertiary alicyclic amines) is 1. The van der Waals surface area contributed by atoms with E-state index in [1.807, 2.05) is 0 Å². The van der Waals surface area contributed by atoms with Crippen LogP contribution in [0.15, 0.2) is 53.4 Å². The molecule has 0 bridgehead atoms. The third-order valence-corrected chi connectivity index (χ3v) is 6.79. The highest BCUT2D eigenvalue weighted by molar-refractivity contribution is 7.92. The number of benzene rings is 2. The van der Waals surface area contributed by atoms with E-state index in [1.54, 1.807) is 24.1 Å². The van der Waals surface area contributed by atoms with Crippen LogP contribution in [0.2, 0.25) is 0 Å². The first-order valence-electron chi connectivity index (χ1n) is 10.7. The summed E-state index contributed by atoms with van der Waals surface area (Å²) in [5.74, 6) is -1.17. The van der Waals surface area contributed by atoms with Gasteiger partial charge < -0.3 is 15.0 Å². The van der Waals surface area contributed by atoms with Crippen LogP contribution in [0.25, 0.3) is 0 Å². The van der Waals surface area contributed by atoms with Crippen LogP contribution in [0, 0.1) is 11.7 Å². The molecule has 0 spiro atoms. The average Bonchev–Trinajstić information content (AvgIpc) is 2.81. The summed E-state index contributed by atoms with van der Waals surface area (Å²) in [6.07, 6.45) is 2.13. The largest absolute Gasteiger partial charge is 0.385 e. The van der Waals surface area contributed by atoms with E-state index >= 15 is 0 Å². The van der Waals surface area contributed by atoms with Crippen LogP contribution in [0.3, 0.4) is 0 Å². The van der Waals surface area contributed by atoms with Crippen molar-refractivity contribution < 1.29 is 27.1 Å². The quantitative estimate of drug-likeness (QED) is 0.541. The molecule has 2 aromatic rings. The van der Waals surface area contributed by atoms with E-state index in [4.69, 9.17) is 4.74 Å². The first-order valence-corrected chi connectivity index (χ1v) is 12.2. The number of methoxy groups -OCH3 is 1. The second kappa shape index (κ2) is 11.2. The van der Waals surface area contributed by atoms with Crippen molar-refractivity contribution in [1.82, 2.24) is 10.2 Å². The minimum absolute atomic E-state index is 0.0792. The Morgan fingerprint density at radius 1 is 1.18 bits per heavy atom. The number of amides is 2. The third kappa shape index (κ3) is 6.75. The molecule has 2 N–H and O–H groups in total. The fourth-order valence-electron chi connectivity index (χ4n) is 3.67. The standard InChI is InChI=1S/C23H28FN3O5S/c1-32-14-4-12-25-22(28)18-6-3-13-27(16-18)23(29)17-5-2-7-20(15-17)26-33(30,31)21-10-8-19(24)9-11-21/h2,5,7-11,15,18,26H,3-4,6,12-14,16H2,1H3,(H,25,28)/t18-/m1/s1. The van der Waals surface area contributed by atoms with Crippen LogP contribution in [-0.4, -0.2) is 58.5 Å². The average molecular weight is 478 g/mol. The predicted molar refractivity (Wildman–Crippen MR) is 122 cm³/mol. The van der Waals surface area contributed by atoms with Gasteiger partial charge in [-0.1, -0.05) is 6.07 Å². The number of nitrogens with one attached hydrogen (secondary N) is 2. The molecule has 2 aromatic carbocycles. The molecule has 0 unspecified atom stereocenters. The molecule has 33 heavy (non-hydrogen) atoms. The highest BCUT2D eigenvalue weighted by atomic mass is 32.2. The smallest absolute Gasteiger partial charge is 0.261 e. The van der Waals surface area contributed by atoms with E-state index in [0.29, 0.717) is 44.6 Å². The molecule has 1 heterocycles. The predicted octanol–water partition coefficient (Wildman–Crippen LogP) is 2.63. The van der Waals surface area contributed by atoms with Gasteiger partial charge in [-0.05, 0) is 61.7 Å². The summed E-state index contributed by atoms with van der Waals surface area (Å²) in [5.41, 5.74) is 0.532. The van der Waals surface area contributed by atoms with Gasteiger partial charge in [-0.2, -0.15) is 0 Å². The second-order valence-electron chi connectivity index (χ2n) is 7.87. The van der Waals surface area contributed by atoms with Crippen LogP contribution in [0.1, 0.15) is 29.6 Å². The number of sulfonamides is 1. The minimum atomic E-state index is -3.93. The van der Waals surface area contributed by atoms with Gasteiger partial charge in [0.2, 0.25) is 5.91 Å². The Morgan fingerprint density at radius 2 is 1.94 bits per heavy atom. The summed E-state index contributed by atoms with van der Waals surface area (Å²) in [6, 6.07) is 10.6. The molecule has 1 atom stereocenters. The normalized spacial score (nSPS) is 16.3. The first-order chi connectivity index (χ1) is 15.8. The maximum Gasteiger partial charge on any atom is 0.261 e.